The van der Waals surface area contributed by atoms with Gasteiger partial charge in [-0.05, 0) is 93.7 Å². The molecule has 1 atom stereocenters. The maximum absolute atomic E-state index is 12.8. The highest BCUT2D eigenvalue weighted by atomic mass is 35.5. The summed E-state index contributed by atoms with van der Waals surface area (Å²) >= 11 is 5.94. The number of piperidine rings is 1. The zero-order valence-corrected chi connectivity index (χ0v) is 21.2. The number of hydrogen-bond acceptors (Lipinski definition) is 3. The third-order valence-electron chi connectivity index (χ3n) is 7.06. The van der Waals surface area contributed by atoms with Crippen molar-refractivity contribution in [3.8, 4) is 0 Å². The normalized spacial score (nSPS) is 19.1. The smallest absolute Gasteiger partial charge is 0.321 e. The first-order chi connectivity index (χ1) is 17.1. The van der Waals surface area contributed by atoms with Crippen molar-refractivity contribution in [3.63, 3.8) is 0 Å². The average Bonchev–Trinajstić information content (AvgIpc) is 3.17. The molecule has 0 saturated carbocycles. The van der Waals surface area contributed by atoms with Crippen LogP contribution in [0.15, 0.2) is 48.5 Å². The Bertz CT molecular complexity index is 973. The summed E-state index contributed by atoms with van der Waals surface area (Å²) in [5, 5.41) is 6.69. The third kappa shape index (κ3) is 7.71. The molecular formula is C28H37ClN4O2. The molecule has 1 unspecified atom stereocenters. The van der Waals surface area contributed by atoms with Crippen LogP contribution >= 0.6 is 11.6 Å². The van der Waals surface area contributed by atoms with E-state index in [2.05, 4.69) is 21.6 Å². The molecule has 2 aromatic carbocycles. The fourth-order valence-corrected chi connectivity index (χ4v) is 5.20. The fraction of sp³-hybridized carbons (Fsp3) is 0.500. The molecule has 188 valence electrons. The summed E-state index contributed by atoms with van der Waals surface area (Å²) in [6, 6.07) is 14.9. The number of halogens is 1. The molecule has 0 bridgehead atoms. The van der Waals surface area contributed by atoms with Gasteiger partial charge in [0.1, 0.15) is 0 Å². The lowest BCUT2D eigenvalue weighted by atomic mass is 9.89. The van der Waals surface area contributed by atoms with Gasteiger partial charge in [-0.25, -0.2) is 4.79 Å². The van der Waals surface area contributed by atoms with Crippen molar-refractivity contribution < 1.29 is 9.59 Å². The van der Waals surface area contributed by atoms with Crippen LogP contribution in [0, 0.1) is 0 Å². The average molecular weight is 497 g/mol. The van der Waals surface area contributed by atoms with E-state index in [9.17, 15) is 9.59 Å². The number of anilines is 1. The fourth-order valence-electron chi connectivity index (χ4n) is 5.07. The lowest BCUT2D eigenvalue weighted by Crippen LogP contribution is -2.41. The minimum atomic E-state index is -0.102. The van der Waals surface area contributed by atoms with Gasteiger partial charge in [0.25, 0.3) is 5.91 Å². The van der Waals surface area contributed by atoms with E-state index in [1.165, 1.54) is 38.8 Å². The minimum absolute atomic E-state index is 0.0177. The number of hydrogen-bond donors (Lipinski definition) is 2. The molecule has 0 aromatic heterocycles. The van der Waals surface area contributed by atoms with Gasteiger partial charge in [0, 0.05) is 41.8 Å². The van der Waals surface area contributed by atoms with Crippen LogP contribution in [0.1, 0.15) is 66.8 Å². The molecule has 2 aliphatic rings. The van der Waals surface area contributed by atoms with Gasteiger partial charge in [-0.2, -0.15) is 0 Å². The number of nitrogens with zero attached hydrogens (tertiary/aromatic N) is 2. The zero-order chi connectivity index (χ0) is 24.5. The van der Waals surface area contributed by atoms with Crippen LogP contribution in [0.3, 0.4) is 0 Å². The molecule has 3 amide bonds. The van der Waals surface area contributed by atoms with Crippen molar-refractivity contribution in [1.29, 1.82) is 0 Å². The molecule has 2 aliphatic heterocycles. The van der Waals surface area contributed by atoms with E-state index in [0.717, 1.165) is 43.6 Å². The van der Waals surface area contributed by atoms with E-state index in [1.54, 1.807) is 24.3 Å². The Morgan fingerprint density at radius 1 is 0.943 bits per heavy atom. The Morgan fingerprint density at radius 3 is 2.49 bits per heavy atom. The summed E-state index contributed by atoms with van der Waals surface area (Å²) in [7, 11) is 0. The van der Waals surface area contributed by atoms with Crippen molar-refractivity contribution >= 4 is 29.2 Å². The van der Waals surface area contributed by atoms with Gasteiger partial charge >= 0.3 is 6.03 Å². The van der Waals surface area contributed by atoms with Crippen LogP contribution < -0.4 is 10.6 Å². The van der Waals surface area contributed by atoms with Crippen molar-refractivity contribution in [2.45, 2.75) is 50.9 Å². The summed E-state index contributed by atoms with van der Waals surface area (Å²) in [4.78, 5) is 30.0. The number of carbonyl (C=O) groups excluding carboxylic acids is 2. The third-order valence-corrected chi connectivity index (χ3v) is 7.31. The van der Waals surface area contributed by atoms with Crippen molar-refractivity contribution in [2.75, 3.05) is 44.6 Å². The Morgan fingerprint density at radius 2 is 1.71 bits per heavy atom. The van der Waals surface area contributed by atoms with Gasteiger partial charge in [0.05, 0.1) is 0 Å². The molecule has 35 heavy (non-hydrogen) atoms. The van der Waals surface area contributed by atoms with Gasteiger partial charge in [-0.15, -0.1) is 0 Å². The predicted molar refractivity (Wildman–Crippen MR) is 142 cm³/mol. The maximum Gasteiger partial charge on any atom is 0.321 e. The number of rotatable bonds is 7. The molecular weight excluding hydrogens is 460 g/mol. The Hall–Kier alpha value is -2.57. The maximum atomic E-state index is 12.8. The van der Waals surface area contributed by atoms with Crippen LogP contribution in [-0.2, 0) is 0 Å². The van der Waals surface area contributed by atoms with Gasteiger partial charge in [0.2, 0.25) is 0 Å². The Labute approximate surface area is 214 Å². The highest BCUT2D eigenvalue weighted by Crippen LogP contribution is 2.28. The molecule has 0 radical (unpaired) electrons. The van der Waals surface area contributed by atoms with Crippen molar-refractivity contribution in [2.24, 2.45) is 0 Å². The van der Waals surface area contributed by atoms with Crippen molar-refractivity contribution in [3.05, 3.63) is 64.7 Å². The number of likely N-dealkylation sites (tertiary alicyclic amines) is 2. The number of nitrogens with one attached hydrogen (secondary N) is 2. The Balaban J connectivity index is 1.27. The lowest BCUT2D eigenvalue weighted by molar-refractivity contribution is 0.0951. The lowest BCUT2D eigenvalue weighted by Gasteiger charge is -2.33. The number of carbonyl (C=O) groups is 2. The first-order valence-electron chi connectivity index (χ1n) is 13.0. The monoisotopic (exact) mass is 496 g/mol. The molecule has 2 N–H and O–H groups in total. The van der Waals surface area contributed by atoms with Crippen LogP contribution in [0.2, 0.25) is 5.02 Å². The molecule has 4 rings (SSSR count). The summed E-state index contributed by atoms with van der Waals surface area (Å²) in [6.07, 6.45) is 8.19. The molecule has 6 nitrogen and oxygen atoms in total. The van der Waals surface area contributed by atoms with Crippen molar-refractivity contribution in [1.82, 2.24) is 15.1 Å². The van der Waals surface area contributed by atoms with E-state index >= 15 is 0 Å². The summed E-state index contributed by atoms with van der Waals surface area (Å²) in [6.45, 7) is 5.49. The molecule has 2 heterocycles. The Kier molecular flexibility index (Phi) is 9.43. The van der Waals surface area contributed by atoms with Gasteiger partial charge < -0.3 is 20.4 Å². The van der Waals surface area contributed by atoms with Crippen LogP contribution in [0.4, 0.5) is 10.5 Å². The topological polar surface area (TPSA) is 64.7 Å². The quantitative estimate of drug-likeness (QED) is 0.480. The second-order valence-corrected chi connectivity index (χ2v) is 10.1. The van der Waals surface area contributed by atoms with Gasteiger partial charge in [-0.1, -0.05) is 36.6 Å². The molecule has 0 spiro atoms. The molecule has 7 heteroatoms. The van der Waals surface area contributed by atoms with Gasteiger partial charge in [0.15, 0.2) is 0 Å². The van der Waals surface area contributed by atoms with E-state index in [-0.39, 0.29) is 17.9 Å². The summed E-state index contributed by atoms with van der Waals surface area (Å²) in [5.74, 6) is 0.200. The largest absolute Gasteiger partial charge is 0.352 e. The summed E-state index contributed by atoms with van der Waals surface area (Å²) < 4.78 is 0. The highest BCUT2D eigenvalue weighted by molar-refractivity contribution is 6.30. The number of benzene rings is 2. The van der Waals surface area contributed by atoms with Crippen LogP contribution in [-0.4, -0.2) is 61.0 Å². The summed E-state index contributed by atoms with van der Waals surface area (Å²) in [5.41, 5.74) is 2.54. The molecule has 2 saturated heterocycles. The van der Waals surface area contributed by atoms with E-state index in [0.29, 0.717) is 23.7 Å². The zero-order valence-electron chi connectivity index (χ0n) is 20.5. The first-order valence-corrected chi connectivity index (χ1v) is 13.4. The minimum Gasteiger partial charge on any atom is -0.352 e. The second-order valence-electron chi connectivity index (χ2n) is 9.71. The number of amides is 3. The molecule has 2 aromatic rings. The predicted octanol–water partition coefficient (Wildman–Crippen LogP) is 5.75. The van der Waals surface area contributed by atoms with Crippen LogP contribution in [0.25, 0.3) is 0 Å². The highest BCUT2D eigenvalue weighted by Gasteiger charge is 2.25. The standard InChI is InChI=1S/C28H37ClN4O2/c29-25-11-13-26(14-12-25)31-28(35)33-19-6-10-24(21-33)22-8-5-9-23(20-22)27(34)30-15-7-18-32-16-3-1-2-4-17-32/h5,8-9,11-14,20,24H,1-4,6-7,10,15-19,21H2,(H,30,34)(H,31,35). The molecule has 2 fully saturated rings. The first kappa shape index (κ1) is 25.5. The SMILES string of the molecule is O=C(NCCCN1CCCCCC1)c1cccc(C2CCCN(C(=O)Nc3ccc(Cl)cc3)C2)c1. The van der Waals surface area contributed by atoms with E-state index in [1.807, 2.05) is 23.1 Å². The second kappa shape index (κ2) is 12.9. The van der Waals surface area contributed by atoms with Crippen LogP contribution in [0.5, 0.6) is 0 Å². The van der Waals surface area contributed by atoms with Gasteiger partial charge in [-0.3, -0.25) is 4.79 Å². The number of urea groups is 1. The van der Waals surface area contributed by atoms with E-state index in [4.69, 9.17) is 11.6 Å². The molecule has 0 aliphatic carbocycles. The van der Waals surface area contributed by atoms with E-state index < -0.39 is 0 Å².